The van der Waals surface area contributed by atoms with E-state index < -0.39 is 5.91 Å². The molecule has 0 aliphatic carbocycles. The van der Waals surface area contributed by atoms with Crippen LogP contribution in [-0.2, 0) is 0 Å². The van der Waals surface area contributed by atoms with Crippen molar-refractivity contribution in [2.75, 3.05) is 19.7 Å². The summed E-state index contributed by atoms with van der Waals surface area (Å²) in [5.41, 5.74) is 0.501. The van der Waals surface area contributed by atoms with E-state index in [0.717, 1.165) is 0 Å². The van der Waals surface area contributed by atoms with Gasteiger partial charge in [0.2, 0.25) is 5.82 Å². The van der Waals surface area contributed by atoms with Gasteiger partial charge in [0, 0.05) is 18.7 Å². The Morgan fingerprint density at radius 1 is 1.07 bits per heavy atom. The maximum Gasteiger partial charge on any atom is 0.316 e. The maximum atomic E-state index is 12.1. The molecule has 0 saturated heterocycles. The van der Waals surface area contributed by atoms with E-state index in [2.05, 4.69) is 36.7 Å². The van der Waals surface area contributed by atoms with Crippen LogP contribution in [0.2, 0.25) is 0 Å². The molecule has 0 bridgehead atoms. The second-order valence-corrected chi connectivity index (χ2v) is 6.28. The number of nitrogens with one attached hydrogen (secondary N) is 2. The Balaban J connectivity index is 1.44. The molecule has 0 atom stereocenters. The van der Waals surface area contributed by atoms with Gasteiger partial charge < -0.3 is 24.3 Å². The van der Waals surface area contributed by atoms with E-state index in [4.69, 9.17) is 13.7 Å². The van der Waals surface area contributed by atoms with Gasteiger partial charge in [-0.2, -0.15) is 4.98 Å². The number of hydrogen-bond acceptors (Lipinski definition) is 7. The first-order chi connectivity index (χ1) is 13.6. The highest BCUT2D eigenvalue weighted by Gasteiger charge is 2.17. The third-order valence-corrected chi connectivity index (χ3v) is 3.96. The van der Waals surface area contributed by atoms with Crippen LogP contribution in [0.3, 0.4) is 0 Å². The number of amides is 2. The Kier molecular flexibility index (Phi) is 6.43. The Labute approximate surface area is 168 Å². The molecule has 0 aliphatic heterocycles. The molecule has 0 spiro atoms. The Morgan fingerprint density at radius 3 is 2.43 bits per heavy atom. The standard InChI is InChI=1S/C18H17BrN4O5/c1-2-26-12-5-3-11(4-6-12)16(24)20-9-10-21-17(25)18-22-15(23-28-18)13-7-8-14(19)27-13/h3-8H,2,9-10H2,1H3,(H,20,24)(H,21,25). The zero-order chi connectivity index (χ0) is 19.9. The average molecular weight is 449 g/mol. The second kappa shape index (κ2) is 9.18. The number of benzene rings is 1. The highest BCUT2D eigenvalue weighted by molar-refractivity contribution is 9.10. The van der Waals surface area contributed by atoms with Gasteiger partial charge in [-0.3, -0.25) is 9.59 Å². The molecule has 3 aromatic rings. The van der Waals surface area contributed by atoms with Crippen LogP contribution >= 0.6 is 15.9 Å². The maximum absolute atomic E-state index is 12.1. The molecule has 2 N–H and O–H groups in total. The quantitative estimate of drug-likeness (QED) is 0.508. The minimum absolute atomic E-state index is 0.166. The van der Waals surface area contributed by atoms with Crippen molar-refractivity contribution in [1.29, 1.82) is 0 Å². The molecule has 0 radical (unpaired) electrons. The van der Waals surface area contributed by atoms with Crippen LogP contribution in [0.15, 0.2) is 50.0 Å². The number of halogens is 1. The molecule has 0 saturated carbocycles. The van der Waals surface area contributed by atoms with Crippen LogP contribution in [0, 0.1) is 0 Å². The monoisotopic (exact) mass is 448 g/mol. The molecule has 10 heteroatoms. The molecule has 2 amide bonds. The highest BCUT2D eigenvalue weighted by Crippen LogP contribution is 2.22. The Bertz CT molecular complexity index is 951. The molecule has 0 aliphatic rings. The van der Waals surface area contributed by atoms with Gasteiger partial charge >= 0.3 is 11.8 Å². The number of ether oxygens (including phenoxy) is 1. The SMILES string of the molecule is CCOc1ccc(C(=O)NCCNC(=O)c2nc(-c3ccc(Br)o3)no2)cc1. The largest absolute Gasteiger partial charge is 0.494 e. The van der Waals surface area contributed by atoms with Crippen molar-refractivity contribution >= 4 is 27.7 Å². The predicted octanol–water partition coefficient (Wildman–Crippen LogP) is 2.65. The third-order valence-electron chi connectivity index (χ3n) is 3.54. The molecule has 2 aromatic heterocycles. The van der Waals surface area contributed by atoms with Crippen molar-refractivity contribution in [1.82, 2.24) is 20.8 Å². The first kappa shape index (κ1) is 19.6. The number of aromatic nitrogens is 2. The smallest absolute Gasteiger partial charge is 0.316 e. The Hall–Kier alpha value is -3.14. The fourth-order valence-corrected chi connectivity index (χ4v) is 2.56. The lowest BCUT2D eigenvalue weighted by Gasteiger charge is -2.07. The third kappa shape index (κ3) is 4.97. The molecule has 28 heavy (non-hydrogen) atoms. The summed E-state index contributed by atoms with van der Waals surface area (Å²) < 4.78 is 16.1. The lowest BCUT2D eigenvalue weighted by Crippen LogP contribution is -2.34. The van der Waals surface area contributed by atoms with Crippen LogP contribution in [0.4, 0.5) is 0 Å². The van der Waals surface area contributed by atoms with E-state index in [1.807, 2.05) is 6.92 Å². The summed E-state index contributed by atoms with van der Waals surface area (Å²) in [6.45, 7) is 2.89. The molecule has 9 nitrogen and oxygen atoms in total. The number of hydrogen-bond donors (Lipinski definition) is 2. The zero-order valence-corrected chi connectivity index (χ0v) is 16.5. The minimum Gasteiger partial charge on any atom is -0.494 e. The van der Waals surface area contributed by atoms with Crippen LogP contribution in [0.1, 0.15) is 28.0 Å². The van der Waals surface area contributed by atoms with Gasteiger partial charge in [0.05, 0.1) is 6.61 Å². The first-order valence-corrected chi connectivity index (χ1v) is 9.25. The molecular weight excluding hydrogens is 432 g/mol. The summed E-state index contributed by atoms with van der Waals surface area (Å²) in [6.07, 6.45) is 0. The van der Waals surface area contributed by atoms with Crippen molar-refractivity contribution in [3.8, 4) is 17.3 Å². The average Bonchev–Trinajstić information content (AvgIpc) is 3.35. The van der Waals surface area contributed by atoms with Gasteiger partial charge in [0.1, 0.15) is 5.75 Å². The van der Waals surface area contributed by atoms with Gasteiger partial charge in [-0.25, -0.2) is 0 Å². The zero-order valence-electron chi connectivity index (χ0n) is 14.9. The predicted molar refractivity (Wildman–Crippen MR) is 102 cm³/mol. The Morgan fingerprint density at radius 2 is 1.79 bits per heavy atom. The normalized spacial score (nSPS) is 10.5. The van der Waals surface area contributed by atoms with E-state index in [1.54, 1.807) is 36.4 Å². The fourth-order valence-electron chi connectivity index (χ4n) is 2.25. The van der Waals surface area contributed by atoms with Crippen LogP contribution in [0.5, 0.6) is 5.75 Å². The number of rotatable bonds is 8. The van der Waals surface area contributed by atoms with E-state index in [-0.39, 0.29) is 30.7 Å². The molecular formula is C18H17BrN4O5. The molecule has 1 aromatic carbocycles. The van der Waals surface area contributed by atoms with E-state index in [0.29, 0.717) is 28.3 Å². The van der Waals surface area contributed by atoms with Crippen molar-refractivity contribution in [2.45, 2.75) is 6.92 Å². The fraction of sp³-hybridized carbons (Fsp3) is 0.222. The van der Waals surface area contributed by atoms with E-state index in [1.165, 1.54) is 0 Å². The topological polar surface area (TPSA) is 119 Å². The van der Waals surface area contributed by atoms with Crippen molar-refractivity contribution in [3.63, 3.8) is 0 Å². The summed E-state index contributed by atoms with van der Waals surface area (Å²) in [6, 6.07) is 10.1. The molecule has 0 fully saturated rings. The molecule has 0 unspecified atom stereocenters. The summed E-state index contributed by atoms with van der Waals surface area (Å²) in [4.78, 5) is 28.1. The second-order valence-electron chi connectivity index (χ2n) is 5.50. The number of furan rings is 1. The summed E-state index contributed by atoms with van der Waals surface area (Å²) in [5.74, 6) is 0.255. The lowest BCUT2D eigenvalue weighted by molar-refractivity contribution is 0.0898. The van der Waals surface area contributed by atoms with E-state index >= 15 is 0 Å². The minimum atomic E-state index is -0.542. The first-order valence-electron chi connectivity index (χ1n) is 8.45. The highest BCUT2D eigenvalue weighted by atomic mass is 79.9. The van der Waals surface area contributed by atoms with Crippen molar-refractivity contribution in [3.05, 3.63) is 52.5 Å². The van der Waals surface area contributed by atoms with Gasteiger partial charge in [0.25, 0.3) is 5.91 Å². The van der Waals surface area contributed by atoms with Gasteiger partial charge in [0.15, 0.2) is 10.4 Å². The summed E-state index contributed by atoms with van der Waals surface area (Å²) >= 11 is 3.17. The van der Waals surface area contributed by atoms with Gasteiger partial charge in [-0.1, -0.05) is 5.16 Å². The molecule has 2 heterocycles. The summed E-state index contributed by atoms with van der Waals surface area (Å²) in [7, 11) is 0. The lowest BCUT2D eigenvalue weighted by atomic mass is 10.2. The van der Waals surface area contributed by atoms with Crippen molar-refractivity contribution in [2.24, 2.45) is 0 Å². The van der Waals surface area contributed by atoms with Gasteiger partial charge in [-0.05, 0) is 59.3 Å². The summed E-state index contributed by atoms with van der Waals surface area (Å²) in [5, 5.41) is 9.00. The molecule has 146 valence electrons. The number of carbonyl (C=O) groups is 2. The van der Waals surface area contributed by atoms with Gasteiger partial charge in [-0.15, -0.1) is 0 Å². The number of nitrogens with zero attached hydrogens (tertiary/aromatic N) is 2. The van der Waals surface area contributed by atoms with Crippen LogP contribution in [0.25, 0.3) is 11.6 Å². The van der Waals surface area contributed by atoms with Crippen molar-refractivity contribution < 1.29 is 23.3 Å². The van der Waals surface area contributed by atoms with Crippen LogP contribution < -0.4 is 15.4 Å². The van der Waals surface area contributed by atoms with E-state index in [9.17, 15) is 9.59 Å². The number of carbonyl (C=O) groups excluding carboxylic acids is 2. The molecule has 3 rings (SSSR count). The van der Waals surface area contributed by atoms with Crippen LogP contribution in [-0.4, -0.2) is 41.7 Å².